The van der Waals surface area contributed by atoms with Crippen LogP contribution >= 0.6 is 0 Å². The van der Waals surface area contributed by atoms with Crippen molar-refractivity contribution >= 4 is 16.6 Å². The van der Waals surface area contributed by atoms with E-state index in [1.165, 1.54) is 0 Å². The Kier molecular flexibility index (Phi) is 2.37. The Morgan fingerprint density at radius 1 is 1.40 bits per heavy atom. The molecule has 76 valence electrons. The van der Waals surface area contributed by atoms with E-state index in [0.717, 1.165) is 5.39 Å². The lowest BCUT2D eigenvalue weighted by Crippen LogP contribution is -2.06. The second kappa shape index (κ2) is 3.69. The van der Waals surface area contributed by atoms with Gasteiger partial charge < -0.3 is 5.32 Å². The minimum absolute atomic E-state index is 0.413. The van der Waals surface area contributed by atoms with Crippen LogP contribution in [0.15, 0.2) is 36.9 Å². The monoisotopic (exact) mass is 202 g/mol. The molecule has 15 heavy (non-hydrogen) atoms. The van der Waals surface area contributed by atoms with Gasteiger partial charge in [-0.05, 0) is 12.1 Å². The number of hydrogen-bond donors (Lipinski definition) is 1. The van der Waals surface area contributed by atoms with Gasteiger partial charge in [0.25, 0.3) is 0 Å². The zero-order valence-electron chi connectivity index (χ0n) is 8.42. The third kappa shape index (κ3) is 1.68. The maximum Gasteiger partial charge on any atom is 0.222 e. The summed E-state index contributed by atoms with van der Waals surface area (Å²) in [5, 5.41) is 3.72. The van der Waals surface area contributed by atoms with Crippen LogP contribution in [0.5, 0.6) is 0 Å². The van der Waals surface area contributed by atoms with Gasteiger partial charge in [0.05, 0.1) is 11.1 Å². The number of fused-ring (bicyclic) bond motifs is 1. The topological polar surface area (TPSA) is 24.9 Å². The number of nitrogens with zero attached hydrogens (tertiary/aromatic N) is 1. The molecule has 2 aromatic rings. The molecule has 0 saturated heterocycles. The number of nitrogens with one attached hydrogen (secondary N) is 1. The van der Waals surface area contributed by atoms with Gasteiger partial charge in [0.1, 0.15) is 0 Å². The Labute approximate surface area is 87.5 Å². The largest absolute Gasteiger partial charge is 0.388 e. The highest BCUT2D eigenvalue weighted by Crippen LogP contribution is 2.19. The lowest BCUT2D eigenvalue weighted by Gasteiger charge is -2.07. The van der Waals surface area contributed by atoms with Crippen molar-refractivity contribution in [3.63, 3.8) is 0 Å². The van der Waals surface area contributed by atoms with Crippen molar-refractivity contribution in [1.82, 2.24) is 10.3 Å². The van der Waals surface area contributed by atoms with Crippen LogP contribution in [0.1, 0.15) is 5.56 Å². The van der Waals surface area contributed by atoms with Gasteiger partial charge in [-0.1, -0.05) is 24.8 Å². The predicted molar refractivity (Wildman–Crippen MR) is 59.8 cm³/mol. The summed E-state index contributed by atoms with van der Waals surface area (Å²) in [6, 6.07) is 9.16. The number of benzene rings is 1. The van der Waals surface area contributed by atoms with E-state index < -0.39 is 5.95 Å². The minimum atomic E-state index is -0.493. The molecule has 0 fully saturated rings. The molecule has 3 heteroatoms. The first-order chi connectivity index (χ1) is 7.22. The Balaban J connectivity index is 2.67. The Hall–Kier alpha value is -1.90. The number of para-hydroxylation sites is 1. The molecule has 2 nitrogen and oxygen atoms in total. The lowest BCUT2D eigenvalue weighted by molar-refractivity contribution is 0.584. The fourth-order valence-corrected chi connectivity index (χ4v) is 1.44. The molecule has 0 spiro atoms. The highest BCUT2D eigenvalue weighted by molar-refractivity contribution is 5.82. The van der Waals surface area contributed by atoms with Crippen LogP contribution in [0, 0.1) is 5.95 Å². The first-order valence-electron chi connectivity index (χ1n) is 4.64. The second-order valence-corrected chi connectivity index (χ2v) is 3.25. The lowest BCUT2D eigenvalue weighted by atomic mass is 10.1. The molecule has 0 bridgehead atoms. The summed E-state index contributed by atoms with van der Waals surface area (Å²) in [4.78, 5) is 3.88. The van der Waals surface area contributed by atoms with E-state index >= 15 is 0 Å². The van der Waals surface area contributed by atoms with Crippen molar-refractivity contribution in [3.8, 4) is 0 Å². The number of aromatic nitrogens is 1. The highest BCUT2D eigenvalue weighted by atomic mass is 19.1. The van der Waals surface area contributed by atoms with Gasteiger partial charge in [-0.25, -0.2) is 4.98 Å². The number of hydrogen-bond acceptors (Lipinski definition) is 2. The normalized spacial score (nSPS) is 10.3. The summed E-state index contributed by atoms with van der Waals surface area (Å²) in [6.07, 6.45) is 0. The van der Waals surface area contributed by atoms with Crippen molar-refractivity contribution in [2.24, 2.45) is 0 Å². The van der Waals surface area contributed by atoms with Gasteiger partial charge in [-0.2, -0.15) is 4.39 Å². The van der Waals surface area contributed by atoms with Crippen molar-refractivity contribution in [3.05, 3.63) is 48.4 Å². The zero-order chi connectivity index (χ0) is 10.8. The molecule has 0 unspecified atom stereocenters. The van der Waals surface area contributed by atoms with Crippen LogP contribution in [0.2, 0.25) is 0 Å². The maximum absolute atomic E-state index is 13.5. The molecule has 1 N–H and O–H groups in total. The summed E-state index contributed by atoms with van der Waals surface area (Å²) in [6.45, 7) is 3.72. The van der Waals surface area contributed by atoms with Gasteiger partial charge in [0, 0.05) is 18.1 Å². The second-order valence-electron chi connectivity index (χ2n) is 3.25. The average Bonchev–Trinajstić information content (AvgIpc) is 2.27. The summed E-state index contributed by atoms with van der Waals surface area (Å²) in [5.41, 5.74) is 1.60. The van der Waals surface area contributed by atoms with Crippen molar-refractivity contribution in [2.75, 3.05) is 7.05 Å². The zero-order valence-corrected chi connectivity index (χ0v) is 8.42. The summed E-state index contributed by atoms with van der Waals surface area (Å²) in [5.74, 6) is -0.493. The Bertz CT molecular complexity index is 520. The van der Waals surface area contributed by atoms with Crippen LogP contribution in [-0.4, -0.2) is 12.0 Å². The van der Waals surface area contributed by atoms with E-state index in [0.29, 0.717) is 16.8 Å². The van der Waals surface area contributed by atoms with Crippen LogP contribution in [-0.2, 0) is 0 Å². The van der Waals surface area contributed by atoms with E-state index in [4.69, 9.17) is 0 Å². The smallest absolute Gasteiger partial charge is 0.222 e. The number of pyridine rings is 1. The number of halogens is 1. The fraction of sp³-hybridized carbons (Fsp3) is 0.0833. The first-order valence-corrected chi connectivity index (χ1v) is 4.64. The van der Waals surface area contributed by atoms with Crippen molar-refractivity contribution in [1.29, 1.82) is 0 Å². The van der Waals surface area contributed by atoms with Gasteiger partial charge in [-0.3, -0.25) is 0 Å². The van der Waals surface area contributed by atoms with Crippen LogP contribution in [0.4, 0.5) is 4.39 Å². The van der Waals surface area contributed by atoms with E-state index in [1.807, 2.05) is 18.2 Å². The van der Waals surface area contributed by atoms with Crippen molar-refractivity contribution in [2.45, 2.75) is 0 Å². The average molecular weight is 202 g/mol. The molecular formula is C12H11FN2. The number of rotatable bonds is 2. The van der Waals surface area contributed by atoms with Gasteiger partial charge in [0.2, 0.25) is 5.95 Å². The van der Waals surface area contributed by atoms with Gasteiger partial charge in [-0.15, -0.1) is 0 Å². The van der Waals surface area contributed by atoms with Crippen LogP contribution < -0.4 is 5.32 Å². The summed E-state index contributed by atoms with van der Waals surface area (Å²) in [7, 11) is 1.71. The molecule has 0 aliphatic carbocycles. The molecule has 0 atom stereocenters. The first kappa shape index (κ1) is 9.65. The molecule has 0 amide bonds. The third-order valence-electron chi connectivity index (χ3n) is 2.30. The highest BCUT2D eigenvalue weighted by Gasteiger charge is 2.07. The van der Waals surface area contributed by atoms with E-state index in [1.54, 1.807) is 19.2 Å². The standard InChI is InChI=1S/C12H11FN2/c1-8(14-2)10-7-9-5-3-4-6-11(9)15-12(10)13/h3-7,14H,1H2,2H3. The maximum atomic E-state index is 13.5. The van der Waals surface area contributed by atoms with E-state index in [2.05, 4.69) is 16.9 Å². The SMILES string of the molecule is C=C(NC)c1cc2ccccc2nc1F. The van der Waals surface area contributed by atoms with Gasteiger partial charge in [0.15, 0.2) is 0 Å². The molecule has 0 radical (unpaired) electrons. The molecular weight excluding hydrogens is 191 g/mol. The quantitative estimate of drug-likeness (QED) is 0.757. The van der Waals surface area contributed by atoms with E-state index in [-0.39, 0.29) is 0 Å². The predicted octanol–water partition coefficient (Wildman–Crippen LogP) is 2.56. The molecule has 0 saturated carbocycles. The third-order valence-corrected chi connectivity index (χ3v) is 2.30. The molecule has 2 rings (SSSR count). The summed E-state index contributed by atoms with van der Waals surface area (Å²) >= 11 is 0. The van der Waals surface area contributed by atoms with Crippen LogP contribution in [0.25, 0.3) is 16.6 Å². The van der Waals surface area contributed by atoms with Gasteiger partial charge >= 0.3 is 0 Å². The Morgan fingerprint density at radius 3 is 2.87 bits per heavy atom. The Morgan fingerprint density at radius 2 is 2.13 bits per heavy atom. The molecule has 0 aliphatic rings. The fourth-order valence-electron chi connectivity index (χ4n) is 1.44. The van der Waals surface area contributed by atoms with Crippen molar-refractivity contribution < 1.29 is 4.39 Å². The van der Waals surface area contributed by atoms with Crippen LogP contribution in [0.3, 0.4) is 0 Å². The molecule has 1 heterocycles. The molecule has 1 aromatic carbocycles. The minimum Gasteiger partial charge on any atom is -0.388 e. The molecule has 1 aromatic heterocycles. The summed E-state index contributed by atoms with van der Waals surface area (Å²) < 4.78 is 13.5. The molecule has 0 aliphatic heterocycles. The van der Waals surface area contributed by atoms with E-state index in [9.17, 15) is 4.39 Å².